The molecule has 92 valence electrons. The second kappa shape index (κ2) is 7.24. The van der Waals surface area contributed by atoms with Crippen LogP contribution in [0.2, 0.25) is 0 Å². The predicted octanol–water partition coefficient (Wildman–Crippen LogP) is 3.17. The van der Waals surface area contributed by atoms with Crippen LogP contribution in [0, 0.1) is 5.92 Å². The minimum Gasteiger partial charge on any atom is -0.373 e. The monoisotopic (exact) mass is 215 g/mol. The van der Waals surface area contributed by atoms with E-state index in [0.29, 0.717) is 5.60 Å². The summed E-state index contributed by atoms with van der Waals surface area (Å²) in [6.07, 6.45) is 2.54. The van der Waals surface area contributed by atoms with E-state index >= 15 is 0 Å². The van der Waals surface area contributed by atoms with Crippen LogP contribution in [0.1, 0.15) is 47.5 Å². The van der Waals surface area contributed by atoms with Gasteiger partial charge in [0.25, 0.3) is 0 Å². The van der Waals surface area contributed by atoms with E-state index in [9.17, 15) is 0 Å². The molecule has 2 nitrogen and oxygen atoms in total. The van der Waals surface area contributed by atoms with E-state index in [4.69, 9.17) is 4.74 Å². The van der Waals surface area contributed by atoms with Crippen molar-refractivity contribution in [3.8, 4) is 0 Å². The van der Waals surface area contributed by atoms with Crippen LogP contribution in [0.3, 0.4) is 0 Å². The van der Waals surface area contributed by atoms with E-state index in [-0.39, 0.29) is 0 Å². The molecule has 0 radical (unpaired) electrons. The highest BCUT2D eigenvalue weighted by atomic mass is 16.5. The summed E-state index contributed by atoms with van der Waals surface area (Å²) in [5.41, 5.74) is 0.314. The topological polar surface area (TPSA) is 12.5 Å². The van der Waals surface area contributed by atoms with E-state index in [0.717, 1.165) is 19.1 Å². The Kier molecular flexibility index (Phi) is 7.20. The minimum absolute atomic E-state index is 0.314. The zero-order valence-corrected chi connectivity index (χ0v) is 11.5. The van der Waals surface area contributed by atoms with Crippen LogP contribution in [0.5, 0.6) is 0 Å². The summed E-state index contributed by atoms with van der Waals surface area (Å²) < 4.78 is 5.51. The molecule has 1 atom stereocenters. The second-order valence-electron chi connectivity index (χ2n) is 5.00. The Morgan fingerprint density at radius 3 is 1.73 bits per heavy atom. The standard InChI is InChI=1S/C7H13NO.C4H10.C2H6/c1-8-4-2-7(6-8)3-5-9-7;1-4(2)3;1-2/h2-6H2,1H3;4H,1-3H3;1-2H3. The maximum atomic E-state index is 5.51. The Hall–Kier alpha value is -0.0800. The fraction of sp³-hybridized carbons (Fsp3) is 1.00. The third-order valence-electron chi connectivity index (χ3n) is 2.47. The molecule has 15 heavy (non-hydrogen) atoms. The highest BCUT2D eigenvalue weighted by Gasteiger charge is 2.42. The average molecular weight is 215 g/mol. The summed E-state index contributed by atoms with van der Waals surface area (Å²) in [7, 11) is 2.16. The van der Waals surface area contributed by atoms with Gasteiger partial charge in [-0.15, -0.1) is 0 Å². The van der Waals surface area contributed by atoms with E-state index in [1.54, 1.807) is 0 Å². The average Bonchev–Trinajstić information content (AvgIpc) is 2.50. The third-order valence-corrected chi connectivity index (χ3v) is 2.47. The van der Waals surface area contributed by atoms with Gasteiger partial charge in [-0.05, 0) is 19.4 Å². The van der Waals surface area contributed by atoms with E-state index in [2.05, 4.69) is 32.7 Å². The Bertz CT molecular complexity index is 150. The molecule has 0 saturated carbocycles. The first-order chi connectivity index (χ1) is 7.04. The minimum atomic E-state index is 0.314. The van der Waals surface area contributed by atoms with Crippen LogP contribution in [0.25, 0.3) is 0 Å². The van der Waals surface area contributed by atoms with Crippen molar-refractivity contribution in [3.63, 3.8) is 0 Å². The lowest BCUT2D eigenvalue weighted by Gasteiger charge is -2.38. The molecule has 0 N–H and O–H groups in total. The van der Waals surface area contributed by atoms with Gasteiger partial charge < -0.3 is 9.64 Å². The highest BCUT2D eigenvalue weighted by Crippen LogP contribution is 2.34. The summed E-state index contributed by atoms with van der Waals surface area (Å²) >= 11 is 0. The van der Waals surface area contributed by atoms with Crippen molar-refractivity contribution >= 4 is 0 Å². The molecule has 0 aromatic rings. The van der Waals surface area contributed by atoms with Gasteiger partial charge in [0.05, 0.1) is 12.2 Å². The van der Waals surface area contributed by atoms with Gasteiger partial charge >= 0.3 is 0 Å². The van der Waals surface area contributed by atoms with Gasteiger partial charge in [-0.3, -0.25) is 0 Å². The molecule has 0 amide bonds. The van der Waals surface area contributed by atoms with Gasteiger partial charge in [-0.25, -0.2) is 0 Å². The lowest BCUT2D eigenvalue weighted by Crippen LogP contribution is -2.45. The number of hydrogen-bond acceptors (Lipinski definition) is 2. The lowest BCUT2D eigenvalue weighted by atomic mass is 9.94. The number of ether oxygens (including phenoxy) is 1. The smallest absolute Gasteiger partial charge is 0.0842 e. The zero-order chi connectivity index (χ0) is 11.9. The molecule has 2 rings (SSSR count). The molecule has 2 aliphatic rings. The van der Waals surface area contributed by atoms with Crippen LogP contribution >= 0.6 is 0 Å². The number of rotatable bonds is 0. The maximum Gasteiger partial charge on any atom is 0.0842 e. The number of likely N-dealkylation sites (N-methyl/N-ethyl adjacent to an activating group) is 1. The number of likely N-dealkylation sites (tertiary alicyclic amines) is 1. The molecule has 2 heterocycles. The number of nitrogens with zero attached hydrogens (tertiary/aromatic N) is 1. The van der Waals surface area contributed by atoms with Crippen molar-refractivity contribution in [2.24, 2.45) is 5.92 Å². The number of hydrogen-bond donors (Lipinski definition) is 0. The maximum absolute atomic E-state index is 5.51. The lowest BCUT2D eigenvalue weighted by molar-refractivity contribution is -0.136. The van der Waals surface area contributed by atoms with Crippen molar-refractivity contribution < 1.29 is 4.74 Å². The van der Waals surface area contributed by atoms with Crippen molar-refractivity contribution in [1.82, 2.24) is 4.90 Å². The molecular formula is C13H29NO. The largest absolute Gasteiger partial charge is 0.373 e. The molecule has 0 aliphatic carbocycles. The summed E-state index contributed by atoms with van der Waals surface area (Å²) in [6.45, 7) is 13.9. The van der Waals surface area contributed by atoms with Gasteiger partial charge in [0.15, 0.2) is 0 Å². The normalized spacial score (nSPS) is 29.0. The van der Waals surface area contributed by atoms with Gasteiger partial charge in [0, 0.05) is 19.5 Å². The van der Waals surface area contributed by atoms with Gasteiger partial charge in [-0.2, -0.15) is 0 Å². The second-order valence-corrected chi connectivity index (χ2v) is 5.00. The Morgan fingerprint density at radius 2 is 1.60 bits per heavy atom. The fourth-order valence-electron chi connectivity index (χ4n) is 1.76. The third kappa shape index (κ3) is 5.53. The molecule has 0 aromatic carbocycles. The SMILES string of the molecule is CC.CC(C)C.CN1CCC2(CCO2)C1. The quantitative estimate of drug-likeness (QED) is 0.615. The van der Waals surface area contributed by atoms with Crippen LogP contribution in [0.15, 0.2) is 0 Å². The van der Waals surface area contributed by atoms with E-state index in [1.165, 1.54) is 19.4 Å². The molecular weight excluding hydrogens is 186 g/mol. The van der Waals surface area contributed by atoms with Gasteiger partial charge in [-0.1, -0.05) is 34.6 Å². The fourth-order valence-corrected chi connectivity index (χ4v) is 1.76. The van der Waals surface area contributed by atoms with Crippen molar-refractivity contribution in [2.45, 2.75) is 53.1 Å². The molecule has 2 fully saturated rings. The van der Waals surface area contributed by atoms with Crippen molar-refractivity contribution in [1.29, 1.82) is 0 Å². The van der Waals surface area contributed by atoms with Crippen LogP contribution < -0.4 is 0 Å². The first-order valence-electron chi connectivity index (χ1n) is 6.37. The molecule has 1 unspecified atom stereocenters. The first kappa shape index (κ1) is 14.9. The molecule has 0 bridgehead atoms. The highest BCUT2D eigenvalue weighted by molar-refractivity contribution is 4.95. The molecule has 2 aliphatic heterocycles. The van der Waals surface area contributed by atoms with E-state index in [1.807, 2.05) is 13.8 Å². The molecule has 1 spiro atoms. The zero-order valence-electron chi connectivity index (χ0n) is 11.5. The molecule has 0 aromatic heterocycles. The summed E-state index contributed by atoms with van der Waals surface area (Å²) in [5, 5.41) is 0. The van der Waals surface area contributed by atoms with Gasteiger partial charge in [0.1, 0.15) is 0 Å². The predicted molar refractivity (Wildman–Crippen MR) is 67.3 cm³/mol. The van der Waals surface area contributed by atoms with Crippen molar-refractivity contribution in [3.05, 3.63) is 0 Å². The Balaban J connectivity index is 0.000000282. The summed E-state index contributed by atoms with van der Waals surface area (Å²) in [6, 6.07) is 0. The summed E-state index contributed by atoms with van der Waals surface area (Å²) in [4.78, 5) is 2.35. The molecule has 2 saturated heterocycles. The van der Waals surface area contributed by atoms with Crippen LogP contribution in [0.4, 0.5) is 0 Å². The molecule has 2 heteroatoms. The Labute approximate surface area is 96.0 Å². The summed E-state index contributed by atoms with van der Waals surface area (Å²) in [5.74, 6) is 0.833. The van der Waals surface area contributed by atoms with Crippen molar-refractivity contribution in [2.75, 3.05) is 26.7 Å². The van der Waals surface area contributed by atoms with Crippen LogP contribution in [-0.2, 0) is 4.74 Å². The first-order valence-corrected chi connectivity index (χ1v) is 6.37. The van der Waals surface area contributed by atoms with Gasteiger partial charge in [0.2, 0.25) is 0 Å². The Morgan fingerprint density at radius 1 is 1.13 bits per heavy atom. The van der Waals surface area contributed by atoms with Crippen LogP contribution in [-0.4, -0.2) is 37.2 Å². The van der Waals surface area contributed by atoms with E-state index < -0.39 is 0 Å².